The minimum absolute atomic E-state index is 0.0100. The van der Waals surface area contributed by atoms with Gasteiger partial charge in [0.2, 0.25) is 0 Å². The minimum atomic E-state index is 0.0100. The van der Waals surface area contributed by atoms with Crippen LogP contribution >= 0.6 is 27.3 Å². The van der Waals surface area contributed by atoms with Crippen molar-refractivity contribution in [1.29, 1.82) is 0 Å². The van der Waals surface area contributed by atoms with Crippen LogP contribution in [0.1, 0.15) is 32.6 Å². The summed E-state index contributed by atoms with van der Waals surface area (Å²) in [5, 5.41) is 0. The molecule has 3 nitrogen and oxygen atoms in total. The molecular formula is C18H19BrO3S. The molecule has 0 saturated heterocycles. The summed E-state index contributed by atoms with van der Waals surface area (Å²) >= 11 is 5.12. The van der Waals surface area contributed by atoms with Crippen LogP contribution in [0.15, 0.2) is 28.7 Å². The van der Waals surface area contributed by atoms with Crippen LogP contribution in [0.4, 0.5) is 0 Å². The quantitative estimate of drug-likeness (QED) is 0.483. The Hall–Kier alpha value is -1.59. The number of thiophene rings is 1. The Morgan fingerprint density at radius 1 is 1.30 bits per heavy atom. The number of aryl methyl sites for hydroxylation is 2. The molecule has 0 atom stereocenters. The number of benzene rings is 1. The van der Waals surface area contributed by atoms with Crippen molar-refractivity contribution >= 4 is 39.1 Å². The SMILES string of the molecule is CCOc1c(Br)cc(/C=C/C(=O)c2cc(C)sc2C)cc1OC. The van der Waals surface area contributed by atoms with Crippen molar-refractivity contribution in [3.8, 4) is 11.5 Å². The summed E-state index contributed by atoms with van der Waals surface area (Å²) in [6.45, 7) is 6.45. The van der Waals surface area contributed by atoms with E-state index in [1.807, 2.05) is 39.0 Å². The smallest absolute Gasteiger partial charge is 0.186 e. The second kappa shape index (κ2) is 7.79. The molecule has 1 aromatic carbocycles. The van der Waals surface area contributed by atoms with Gasteiger partial charge >= 0.3 is 0 Å². The van der Waals surface area contributed by atoms with Crippen LogP contribution in [0, 0.1) is 13.8 Å². The molecule has 0 bridgehead atoms. The summed E-state index contributed by atoms with van der Waals surface area (Å²) in [7, 11) is 1.60. The third-order valence-electron chi connectivity index (χ3n) is 3.27. The molecule has 1 aromatic heterocycles. The predicted octanol–water partition coefficient (Wildman–Crippen LogP) is 5.43. The van der Waals surface area contributed by atoms with Crippen molar-refractivity contribution in [2.45, 2.75) is 20.8 Å². The van der Waals surface area contributed by atoms with Crippen LogP contribution < -0.4 is 9.47 Å². The number of carbonyl (C=O) groups excluding carboxylic acids is 1. The number of rotatable bonds is 6. The van der Waals surface area contributed by atoms with Gasteiger partial charge < -0.3 is 9.47 Å². The van der Waals surface area contributed by atoms with Gasteiger partial charge in [-0.05, 0) is 66.5 Å². The first-order valence-corrected chi connectivity index (χ1v) is 8.87. The molecule has 122 valence electrons. The molecule has 2 rings (SSSR count). The lowest BCUT2D eigenvalue weighted by Crippen LogP contribution is -1.97. The molecule has 0 fully saturated rings. The number of ether oxygens (including phenoxy) is 2. The fourth-order valence-electron chi connectivity index (χ4n) is 2.26. The molecule has 0 unspecified atom stereocenters. The molecule has 2 aromatic rings. The zero-order chi connectivity index (χ0) is 17.0. The summed E-state index contributed by atoms with van der Waals surface area (Å²) in [6, 6.07) is 5.69. The molecule has 0 saturated carbocycles. The topological polar surface area (TPSA) is 35.5 Å². The van der Waals surface area contributed by atoms with Crippen LogP contribution in [-0.4, -0.2) is 19.5 Å². The molecule has 0 radical (unpaired) electrons. The van der Waals surface area contributed by atoms with E-state index in [1.165, 1.54) is 0 Å². The fraction of sp³-hybridized carbons (Fsp3) is 0.278. The average molecular weight is 395 g/mol. The van der Waals surface area contributed by atoms with Gasteiger partial charge in [0, 0.05) is 15.3 Å². The lowest BCUT2D eigenvalue weighted by atomic mass is 10.1. The maximum Gasteiger partial charge on any atom is 0.186 e. The van der Waals surface area contributed by atoms with Gasteiger partial charge in [-0.15, -0.1) is 11.3 Å². The summed E-state index contributed by atoms with van der Waals surface area (Å²) < 4.78 is 11.7. The molecule has 0 aliphatic rings. The van der Waals surface area contributed by atoms with E-state index in [-0.39, 0.29) is 5.78 Å². The number of ketones is 1. The van der Waals surface area contributed by atoms with E-state index in [4.69, 9.17) is 9.47 Å². The van der Waals surface area contributed by atoms with Crippen LogP contribution in [0.2, 0.25) is 0 Å². The van der Waals surface area contributed by atoms with Crippen LogP contribution in [0.3, 0.4) is 0 Å². The first kappa shape index (κ1) is 17.8. The predicted molar refractivity (Wildman–Crippen MR) is 99.0 cm³/mol. The van der Waals surface area contributed by atoms with Gasteiger partial charge in [0.15, 0.2) is 17.3 Å². The Kier molecular flexibility index (Phi) is 6.02. The third kappa shape index (κ3) is 4.24. The maximum atomic E-state index is 12.3. The number of hydrogen-bond acceptors (Lipinski definition) is 4. The van der Waals surface area contributed by atoms with Crippen molar-refractivity contribution in [2.75, 3.05) is 13.7 Å². The highest BCUT2D eigenvalue weighted by Gasteiger charge is 2.12. The Morgan fingerprint density at radius 2 is 2.04 bits per heavy atom. The highest BCUT2D eigenvalue weighted by Crippen LogP contribution is 2.37. The van der Waals surface area contributed by atoms with E-state index in [9.17, 15) is 4.79 Å². The van der Waals surface area contributed by atoms with Gasteiger partial charge in [-0.25, -0.2) is 0 Å². The molecule has 0 aliphatic heterocycles. The lowest BCUT2D eigenvalue weighted by Gasteiger charge is -2.12. The number of halogens is 1. The summed E-state index contributed by atoms with van der Waals surface area (Å²) in [5.41, 5.74) is 1.64. The number of hydrogen-bond donors (Lipinski definition) is 0. The first-order chi connectivity index (χ1) is 11.0. The molecule has 0 amide bonds. The highest BCUT2D eigenvalue weighted by molar-refractivity contribution is 9.10. The second-order valence-electron chi connectivity index (χ2n) is 4.99. The Morgan fingerprint density at radius 3 is 2.61 bits per heavy atom. The van der Waals surface area contributed by atoms with E-state index < -0.39 is 0 Å². The fourth-order valence-corrected chi connectivity index (χ4v) is 3.76. The number of allylic oxidation sites excluding steroid dienone is 1. The van der Waals surface area contributed by atoms with Crippen molar-refractivity contribution in [2.24, 2.45) is 0 Å². The monoisotopic (exact) mass is 394 g/mol. The first-order valence-electron chi connectivity index (χ1n) is 7.26. The van der Waals surface area contributed by atoms with E-state index >= 15 is 0 Å². The number of methoxy groups -OCH3 is 1. The Balaban J connectivity index is 2.27. The van der Waals surface area contributed by atoms with Gasteiger partial charge in [0.25, 0.3) is 0 Å². The van der Waals surface area contributed by atoms with Gasteiger partial charge in [0.1, 0.15) is 0 Å². The largest absolute Gasteiger partial charge is 0.493 e. The summed E-state index contributed by atoms with van der Waals surface area (Å²) in [6.07, 6.45) is 3.38. The second-order valence-corrected chi connectivity index (χ2v) is 7.31. The highest BCUT2D eigenvalue weighted by atomic mass is 79.9. The van der Waals surface area contributed by atoms with Crippen LogP contribution in [-0.2, 0) is 0 Å². The van der Waals surface area contributed by atoms with Crippen molar-refractivity contribution in [1.82, 2.24) is 0 Å². The Labute approximate surface area is 149 Å². The molecular weight excluding hydrogens is 376 g/mol. The van der Waals surface area contributed by atoms with Gasteiger partial charge in [-0.1, -0.05) is 6.08 Å². The molecule has 5 heteroatoms. The lowest BCUT2D eigenvalue weighted by molar-refractivity contribution is 0.104. The van der Waals surface area contributed by atoms with Crippen LogP contribution in [0.25, 0.3) is 6.08 Å². The standard InChI is InChI=1S/C18H19BrO3S/c1-5-22-18-15(19)9-13(10-17(18)21-4)6-7-16(20)14-8-11(2)23-12(14)3/h6-10H,5H2,1-4H3/b7-6+. The molecule has 0 N–H and O–H groups in total. The average Bonchev–Trinajstić information content (AvgIpc) is 2.85. The van der Waals surface area contributed by atoms with E-state index in [1.54, 1.807) is 30.6 Å². The third-order valence-corrected chi connectivity index (χ3v) is 4.83. The van der Waals surface area contributed by atoms with Crippen LogP contribution in [0.5, 0.6) is 11.5 Å². The Bertz CT molecular complexity index is 747. The molecule has 0 spiro atoms. The molecule has 23 heavy (non-hydrogen) atoms. The summed E-state index contributed by atoms with van der Waals surface area (Å²) in [4.78, 5) is 14.5. The van der Waals surface area contributed by atoms with Gasteiger partial charge in [-0.2, -0.15) is 0 Å². The van der Waals surface area contributed by atoms with Gasteiger partial charge in [0.05, 0.1) is 18.2 Å². The molecule has 1 heterocycles. The zero-order valence-electron chi connectivity index (χ0n) is 13.6. The van der Waals surface area contributed by atoms with E-state index in [0.29, 0.717) is 18.1 Å². The maximum absolute atomic E-state index is 12.3. The van der Waals surface area contributed by atoms with Crippen molar-refractivity contribution in [3.63, 3.8) is 0 Å². The van der Waals surface area contributed by atoms with E-state index in [0.717, 1.165) is 25.4 Å². The normalized spacial score (nSPS) is 11.0. The van der Waals surface area contributed by atoms with E-state index in [2.05, 4.69) is 15.9 Å². The zero-order valence-corrected chi connectivity index (χ0v) is 16.0. The van der Waals surface area contributed by atoms with Crippen molar-refractivity contribution < 1.29 is 14.3 Å². The number of carbonyl (C=O) groups is 1. The van der Waals surface area contributed by atoms with Gasteiger partial charge in [-0.3, -0.25) is 4.79 Å². The molecule has 0 aliphatic carbocycles. The summed E-state index contributed by atoms with van der Waals surface area (Å²) in [5.74, 6) is 1.31. The minimum Gasteiger partial charge on any atom is -0.493 e. The van der Waals surface area contributed by atoms with Crippen molar-refractivity contribution in [3.05, 3.63) is 49.6 Å².